The maximum atomic E-state index is 3.53. The average Bonchev–Trinajstić information content (AvgIpc) is 2.74. The Balaban J connectivity index is 2.07. The third kappa shape index (κ3) is 3.09. The molecule has 0 saturated carbocycles. The van der Waals surface area contributed by atoms with Crippen molar-refractivity contribution in [1.29, 1.82) is 0 Å². The van der Waals surface area contributed by atoms with Crippen LogP contribution >= 0.6 is 0 Å². The SMILES string of the molecule is Cc1cccc(C(c2ccccc2)(c2ccccc2)N2CCNCC2)c1C. The predicted molar refractivity (Wildman–Crippen MR) is 113 cm³/mol. The van der Waals surface area contributed by atoms with Crippen molar-refractivity contribution in [3.63, 3.8) is 0 Å². The molecule has 0 atom stereocenters. The van der Waals surface area contributed by atoms with Gasteiger partial charge in [0.15, 0.2) is 0 Å². The number of nitrogens with one attached hydrogen (secondary N) is 1. The van der Waals surface area contributed by atoms with Crippen LogP contribution in [-0.2, 0) is 5.54 Å². The van der Waals surface area contributed by atoms with Gasteiger partial charge in [0, 0.05) is 26.2 Å². The molecule has 1 fully saturated rings. The molecule has 2 heteroatoms. The van der Waals surface area contributed by atoms with Crippen molar-refractivity contribution in [2.45, 2.75) is 19.4 Å². The number of rotatable bonds is 4. The van der Waals surface area contributed by atoms with Crippen molar-refractivity contribution in [2.24, 2.45) is 0 Å². The topological polar surface area (TPSA) is 15.3 Å². The molecule has 138 valence electrons. The van der Waals surface area contributed by atoms with Crippen LogP contribution in [0.1, 0.15) is 27.8 Å². The number of aryl methyl sites for hydroxylation is 1. The third-order valence-corrected chi connectivity index (χ3v) is 5.97. The van der Waals surface area contributed by atoms with Gasteiger partial charge in [-0.3, -0.25) is 4.90 Å². The van der Waals surface area contributed by atoms with Crippen LogP contribution in [0.5, 0.6) is 0 Å². The Morgan fingerprint density at radius 1 is 0.704 bits per heavy atom. The molecule has 4 rings (SSSR count). The minimum Gasteiger partial charge on any atom is -0.314 e. The Morgan fingerprint density at radius 3 is 1.81 bits per heavy atom. The van der Waals surface area contributed by atoms with Crippen molar-refractivity contribution in [3.05, 3.63) is 107 Å². The van der Waals surface area contributed by atoms with Gasteiger partial charge in [0.1, 0.15) is 0 Å². The summed E-state index contributed by atoms with van der Waals surface area (Å²) in [6.45, 7) is 8.58. The van der Waals surface area contributed by atoms with E-state index in [4.69, 9.17) is 0 Å². The Labute approximate surface area is 162 Å². The van der Waals surface area contributed by atoms with Crippen LogP contribution in [0.4, 0.5) is 0 Å². The summed E-state index contributed by atoms with van der Waals surface area (Å²) >= 11 is 0. The van der Waals surface area contributed by atoms with Gasteiger partial charge in [-0.2, -0.15) is 0 Å². The molecule has 2 nitrogen and oxygen atoms in total. The van der Waals surface area contributed by atoms with Crippen LogP contribution in [0, 0.1) is 13.8 Å². The highest BCUT2D eigenvalue weighted by Gasteiger charge is 2.43. The molecule has 0 aliphatic carbocycles. The summed E-state index contributed by atoms with van der Waals surface area (Å²) in [6.07, 6.45) is 0. The van der Waals surface area contributed by atoms with Gasteiger partial charge in [0.2, 0.25) is 0 Å². The van der Waals surface area contributed by atoms with Gasteiger partial charge in [0.25, 0.3) is 0 Å². The van der Waals surface area contributed by atoms with E-state index in [0.717, 1.165) is 26.2 Å². The summed E-state index contributed by atoms with van der Waals surface area (Å²) in [4.78, 5) is 2.66. The fourth-order valence-electron chi connectivity index (χ4n) is 4.52. The zero-order chi connectivity index (χ0) is 18.7. The molecule has 3 aromatic rings. The molecule has 1 saturated heterocycles. The Bertz CT molecular complexity index is 841. The van der Waals surface area contributed by atoms with Crippen LogP contribution in [0.25, 0.3) is 0 Å². The van der Waals surface area contributed by atoms with Crippen LogP contribution in [0.15, 0.2) is 78.9 Å². The molecule has 0 spiro atoms. The second kappa shape index (κ2) is 7.67. The first-order chi connectivity index (χ1) is 13.2. The van der Waals surface area contributed by atoms with Gasteiger partial charge in [-0.1, -0.05) is 78.9 Å². The second-order valence-corrected chi connectivity index (χ2v) is 7.43. The van der Waals surface area contributed by atoms with Crippen LogP contribution in [-0.4, -0.2) is 31.1 Å². The summed E-state index contributed by atoms with van der Waals surface area (Å²) in [6, 6.07) is 28.8. The molecule has 27 heavy (non-hydrogen) atoms. The van der Waals surface area contributed by atoms with Crippen LogP contribution < -0.4 is 5.32 Å². The number of hydrogen-bond acceptors (Lipinski definition) is 2. The first kappa shape index (κ1) is 18.0. The molecule has 0 radical (unpaired) electrons. The highest BCUT2D eigenvalue weighted by Crippen LogP contribution is 2.44. The molecule has 0 unspecified atom stereocenters. The summed E-state index contributed by atoms with van der Waals surface area (Å²) in [7, 11) is 0. The standard InChI is InChI=1S/C25H28N2/c1-20-10-9-15-24(21(20)2)25(22-11-5-3-6-12-22,23-13-7-4-8-14-23)27-18-16-26-17-19-27/h3-15,26H,16-19H2,1-2H3. The largest absolute Gasteiger partial charge is 0.314 e. The zero-order valence-electron chi connectivity index (χ0n) is 16.3. The van der Waals surface area contributed by atoms with E-state index in [1.807, 2.05) is 0 Å². The fourth-order valence-corrected chi connectivity index (χ4v) is 4.52. The lowest BCUT2D eigenvalue weighted by Crippen LogP contribution is -2.55. The minimum absolute atomic E-state index is 0.277. The minimum atomic E-state index is -0.277. The molecule has 0 bridgehead atoms. The molecule has 1 heterocycles. The Hall–Kier alpha value is -2.42. The van der Waals surface area contributed by atoms with Crippen LogP contribution in [0.3, 0.4) is 0 Å². The van der Waals surface area contributed by atoms with E-state index in [-0.39, 0.29) is 5.54 Å². The second-order valence-electron chi connectivity index (χ2n) is 7.43. The van der Waals surface area contributed by atoms with Crippen LogP contribution in [0.2, 0.25) is 0 Å². The molecular weight excluding hydrogens is 328 g/mol. The zero-order valence-corrected chi connectivity index (χ0v) is 16.3. The maximum Gasteiger partial charge on any atom is 0.0976 e. The average molecular weight is 357 g/mol. The summed E-state index contributed by atoms with van der Waals surface area (Å²) in [5.74, 6) is 0. The highest BCUT2D eigenvalue weighted by atomic mass is 15.2. The van der Waals surface area contributed by atoms with Crippen molar-refractivity contribution >= 4 is 0 Å². The van der Waals surface area contributed by atoms with Crippen molar-refractivity contribution in [2.75, 3.05) is 26.2 Å². The number of nitrogens with zero attached hydrogens (tertiary/aromatic N) is 1. The lowest BCUT2D eigenvalue weighted by atomic mass is 9.73. The van der Waals surface area contributed by atoms with Crippen molar-refractivity contribution in [3.8, 4) is 0 Å². The lowest BCUT2D eigenvalue weighted by Gasteiger charge is -2.48. The highest BCUT2D eigenvalue weighted by molar-refractivity contribution is 5.53. The smallest absolute Gasteiger partial charge is 0.0976 e. The molecule has 0 aromatic heterocycles. The maximum absolute atomic E-state index is 3.53. The van der Waals surface area contributed by atoms with Gasteiger partial charge < -0.3 is 5.32 Å². The first-order valence-corrected chi connectivity index (χ1v) is 9.88. The van der Waals surface area contributed by atoms with Gasteiger partial charge in [-0.05, 0) is 41.7 Å². The van der Waals surface area contributed by atoms with Crippen molar-refractivity contribution in [1.82, 2.24) is 10.2 Å². The Morgan fingerprint density at radius 2 is 1.26 bits per heavy atom. The first-order valence-electron chi connectivity index (χ1n) is 9.88. The molecule has 1 aliphatic rings. The fraction of sp³-hybridized carbons (Fsp3) is 0.280. The van der Waals surface area contributed by atoms with Gasteiger partial charge in [-0.15, -0.1) is 0 Å². The molecule has 1 aliphatic heterocycles. The van der Waals surface area contributed by atoms with E-state index >= 15 is 0 Å². The van der Waals surface area contributed by atoms with Gasteiger partial charge in [0.05, 0.1) is 5.54 Å². The molecular formula is C25H28N2. The molecule has 0 amide bonds. The van der Waals surface area contributed by atoms with E-state index in [9.17, 15) is 0 Å². The summed E-state index contributed by atoms with van der Waals surface area (Å²) in [5, 5.41) is 3.53. The van der Waals surface area contributed by atoms with E-state index in [1.165, 1.54) is 27.8 Å². The predicted octanol–water partition coefficient (Wildman–Crippen LogP) is 4.50. The monoisotopic (exact) mass is 356 g/mol. The molecule has 1 N–H and O–H groups in total. The van der Waals surface area contributed by atoms with E-state index in [2.05, 4.69) is 103 Å². The van der Waals surface area contributed by atoms with Crippen molar-refractivity contribution < 1.29 is 0 Å². The summed E-state index contributed by atoms with van der Waals surface area (Å²) in [5.41, 5.74) is 6.52. The number of benzene rings is 3. The van der Waals surface area contributed by atoms with E-state index in [1.54, 1.807) is 0 Å². The molecule has 3 aromatic carbocycles. The number of hydrogen-bond donors (Lipinski definition) is 1. The third-order valence-electron chi connectivity index (χ3n) is 5.97. The van der Waals surface area contributed by atoms with Gasteiger partial charge >= 0.3 is 0 Å². The lowest BCUT2D eigenvalue weighted by molar-refractivity contribution is 0.136. The van der Waals surface area contributed by atoms with E-state index in [0.29, 0.717) is 0 Å². The number of piperazine rings is 1. The van der Waals surface area contributed by atoms with Gasteiger partial charge in [-0.25, -0.2) is 0 Å². The summed E-state index contributed by atoms with van der Waals surface area (Å²) < 4.78 is 0. The normalized spacial score (nSPS) is 15.6. The van der Waals surface area contributed by atoms with E-state index < -0.39 is 0 Å². The Kier molecular flexibility index (Phi) is 5.11. The quantitative estimate of drug-likeness (QED) is 0.693.